The number of hydrogen-bond acceptors (Lipinski definition) is 3. The Balaban J connectivity index is 2.06. The van der Waals surface area contributed by atoms with Crippen LogP contribution in [0, 0.1) is 6.92 Å². The van der Waals surface area contributed by atoms with Gasteiger partial charge in [0.25, 0.3) is 0 Å². The van der Waals surface area contributed by atoms with Crippen LogP contribution >= 0.6 is 15.9 Å². The highest BCUT2D eigenvalue weighted by atomic mass is 79.9. The normalized spacial score (nSPS) is 18.3. The molecule has 1 aliphatic rings. The quantitative estimate of drug-likeness (QED) is 0.841. The number of fused-ring (bicyclic) bond motifs is 1. The Morgan fingerprint density at radius 1 is 1.38 bits per heavy atom. The summed E-state index contributed by atoms with van der Waals surface area (Å²) in [6, 6.07) is 6.01. The molecule has 0 amide bonds. The molecule has 0 saturated heterocycles. The minimum absolute atomic E-state index is 0.0693. The number of aromatic nitrogens is 2. The zero-order valence-corrected chi connectivity index (χ0v) is 14.2. The number of rotatable bonds is 4. The Morgan fingerprint density at radius 2 is 2.08 bits per heavy atom. The van der Waals surface area contributed by atoms with Gasteiger partial charge in [-0.15, -0.1) is 0 Å². The maximum Gasteiger partial charge on any atom is 0.387 e. The fraction of sp³-hybridized carbons (Fsp3) is 0.312. The summed E-state index contributed by atoms with van der Waals surface area (Å²) in [5.41, 5.74) is 1.07. The predicted octanol–water partition coefficient (Wildman–Crippen LogP) is 3.96. The Bertz CT molecular complexity index is 792. The van der Waals surface area contributed by atoms with Gasteiger partial charge in [0.1, 0.15) is 23.8 Å². The molecule has 0 radical (unpaired) electrons. The summed E-state index contributed by atoms with van der Waals surface area (Å²) >= 11 is 3.15. The van der Waals surface area contributed by atoms with E-state index in [4.69, 9.17) is 0 Å². The Kier molecular flexibility index (Phi) is 4.69. The van der Waals surface area contributed by atoms with E-state index in [9.17, 15) is 18.3 Å². The van der Waals surface area contributed by atoms with Crippen LogP contribution in [-0.2, 0) is 6.42 Å². The van der Waals surface area contributed by atoms with Crippen molar-refractivity contribution >= 4 is 22.1 Å². The molecule has 1 aromatic heterocycles. The van der Waals surface area contributed by atoms with Crippen molar-refractivity contribution in [3.63, 3.8) is 0 Å². The molecular formula is C16H14BrF3N2O2. The van der Waals surface area contributed by atoms with Gasteiger partial charge in [-0.25, -0.2) is 9.37 Å². The second-order valence-corrected chi connectivity index (χ2v) is 6.29. The number of imidazole rings is 1. The minimum atomic E-state index is -3.00. The number of aliphatic hydroxyl groups is 1. The Hall–Kier alpha value is -1.80. The van der Waals surface area contributed by atoms with Crippen molar-refractivity contribution < 1.29 is 23.0 Å². The third-order valence-electron chi connectivity index (χ3n) is 3.81. The van der Waals surface area contributed by atoms with E-state index in [1.807, 2.05) is 0 Å². The average Bonchev–Trinajstić information content (AvgIpc) is 2.82. The molecule has 0 saturated carbocycles. The first-order valence-electron chi connectivity index (χ1n) is 7.19. The summed E-state index contributed by atoms with van der Waals surface area (Å²) in [6.45, 7) is -1.32. The molecule has 1 aromatic carbocycles. The van der Waals surface area contributed by atoms with Crippen molar-refractivity contribution in [3.05, 3.63) is 51.5 Å². The number of allylic oxidation sites excluding steroid dienone is 1. The molecule has 2 aromatic rings. The topological polar surface area (TPSA) is 47.3 Å². The van der Waals surface area contributed by atoms with Gasteiger partial charge >= 0.3 is 6.61 Å². The molecule has 1 aliphatic heterocycles. The van der Waals surface area contributed by atoms with Crippen molar-refractivity contribution in [2.75, 3.05) is 0 Å². The van der Waals surface area contributed by atoms with Gasteiger partial charge in [-0.3, -0.25) is 0 Å². The lowest BCUT2D eigenvalue weighted by Gasteiger charge is -2.20. The van der Waals surface area contributed by atoms with Crippen LogP contribution in [0.25, 0.3) is 6.20 Å². The first-order chi connectivity index (χ1) is 11.4. The third kappa shape index (κ3) is 3.08. The number of para-hydroxylation sites is 1. The van der Waals surface area contributed by atoms with Crippen LogP contribution in [0.5, 0.6) is 5.75 Å². The molecule has 2 atom stereocenters. The molecule has 24 heavy (non-hydrogen) atoms. The van der Waals surface area contributed by atoms with Gasteiger partial charge in [0, 0.05) is 22.7 Å². The van der Waals surface area contributed by atoms with E-state index < -0.39 is 18.9 Å². The van der Waals surface area contributed by atoms with Crippen LogP contribution < -0.4 is 4.74 Å². The lowest BCUT2D eigenvalue weighted by atomic mass is 10.0. The van der Waals surface area contributed by atoms with Crippen LogP contribution in [0.4, 0.5) is 13.2 Å². The van der Waals surface area contributed by atoms with Gasteiger partial charge in [0.15, 0.2) is 0 Å². The minimum Gasteiger partial charge on any atom is -0.434 e. The number of aryl methyl sites for hydroxylation is 1. The van der Waals surface area contributed by atoms with Crippen LogP contribution in [0.1, 0.15) is 28.9 Å². The summed E-state index contributed by atoms with van der Waals surface area (Å²) in [5, 5.41) is 10.7. The Morgan fingerprint density at radius 3 is 2.79 bits per heavy atom. The summed E-state index contributed by atoms with van der Waals surface area (Å²) in [6.07, 6.45) is -0.869. The molecule has 0 fully saturated rings. The molecule has 128 valence electrons. The van der Waals surface area contributed by atoms with E-state index in [2.05, 4.69) is 25.7 Å². The van der Waals surface area contributed by atoms with Crippen molar-refractivity contribution in [2.45, 2.75) is 32.2 Å². The standard InChI is InChI=1S/C16H14BrF3N2O2/c1-8-14(22-7-10(17)11(18)6-13(22)21-8)15(23)9-4-2-3-5-12(9)24-16(19)20/h2-5,7,11,15-16,23H,6H2,1H3. The van der Waals surface area contributed by atoms with E-state index in [1.54, 1.807) is 17.6 Å². The first-order valence-corrected chi connectivity index (χ1v) is 7.98. The number of halogens is 4. The van der Waals surface area contributed by atoms with E-state index in [-0.39, 0.29) is 17.7 Å². The van der Waals surface area contributed by atoms with E-state index >= 15 is 0 Å². The SMILES string of the molecule is Cc1nc2n(c1C(O)c1ccccc1OC(F)F)C=C(Br)C(F)C2. The fourth-order valence-corrected chi connectivity index (χ4v) is 3.12. The number of alkyl halides is 3. The zero-order chi connectivity index (χ0) is 17.4. The fourth-order valence-electron chi connectivity index (χ4n) is 2.75. The molecule has 2 unspecified atom stereocenters. The lowest BCUT2D eigenvalue weighted by molar-refractivity contribution is -0.0513. The highest BCUT2D eigenvalue weighted by Gasteiger charge is 2.29. The number of benzene rings is 1. The predicted molar refractivity (Wildman–Crippen MR) is 85.9 cm³/mol. The monoisotopic (exact) mass is 402 g/mol. The lowest BCUT2D eigenvalue weighted by Crippen LogP contribution is -2.18. The molecule has 0 spiro atoms. The van der Waals surface area contributed by atoms with Gasteiger partial charge in [-0.2, -0.15) is 8.78 Å². The second kappa shape index (κ2) is 6.60. The molecular weight excluding hydrogens is 389 g/mol. The maximum absolute atomic E-state index is 13.8. The van der Waals surface area contributed by atoms with Gasteiger partial charge in [0.2, 0.25) is 0 Å². The van der Waals surface area contributed by atoms with Crippen molar-refractivity contribution in [2.24, 2.45) is 0 Å². The zero-order valence-electron chi connectivity index (χ0n) is 12.6. The smallest absolute Gasteiger partial charge is 0.387 e. The Labute approximate surface area is 144 Å². The highest BCUT2D eigenvalue weighted by molar-refractivity contribution is 9.11. The number of aliphatic hydroxyl groups excluding tert-OH is 1. The van der Waals surface area contributed by atoms with Crippen LogP contribution in [0.2, 0.25) is 0 Å². The van der Waals surface area contributed by atoms with Crippen LogP contribution in [0.15, 0.2) is 28.7 Å². The van der Waals surface area contributed by atoms with Gasteiger partial charge < -0.3 is 14.4 Å². The second-order valence-electron chi connectivity index (χ2n) is 5.37. The number of ether oxygens (including phenoxy) is 1. The highest BCUT2D eigenvalue weighted by Crippen LogP contribution is 2.35. The summed E-state index contributed by atoms with van der Waals surface area (Å²) < 4.78 is 45.3. The molecule has 8 heteroatoms. The molecule has 1 N–H and O–H groups in total. The molecule has 0 bridgehead atoms. The molecule has 4 nitrogen and oxygen atoms in total. The van der Waals surface area contributed by atoms with E-state index in [0.717, 1.165) is 0 Å². The van der Waals surface area contributed by atoms with Crippen molar-refractivity contribution in [1.29, 1.82) is 0 Å². The van der Waals surface area contributed by atoms with Crippen molar-refractivity contribution in [1.82, 2.24) is 9.55 Å². The van der Waals surface area contributed by atoms with Gasteiger partial charge in [-0.05, 0) is 13.0 Å². The van der Waals surface area contributed by atoms with E-state index in [1.165, 1.54) is 24.4 Å². The largest absolute Gasteiger partial charge is 0.434 e. The average molecular weight is 403 g/mol. The molecule has 3 rings (SSSR count). The summed E-state index contributed by atoms with van der Waals surface area (Å²) in [7, 11) is 0. The number of nitrogens with zero attached hydrogens (tertiary/aromatic N) is 2. The summed E-state index contributed by atoms with van der Waals surface area (Å²) in [5.74, 6) is 0.349. The van der Waals surface area contributed by atoms with Gasteiger partial charge in [-0.1, -0.05) is 34.1 Å². The van der Waals surface area contributed by atoms with Crippen LogP contribution in [0.3, 0.4) is 0 Å². The third-order valence-corrected chi connectivity index (χ3v) is 4.51. The first kappa shape index (κ1) is 17.0. The van der Waals surface area contributed by atoms with Gasteiger partial charge in [0.05, 0.1) is 11.4 Å². The van der Waals surface area contributed by atoms with Crippen molar-refractivity contribution in [3.8, 4) is 5.75 Å². The molecule has 0 aliphatic carbocycles. The summed E-state index contributed by atoms with van der Waals surface area (Å²) in [4.78, 5) is 4.28. The van der Waals surface area contributed by atoms with Crippen LogP contribution in [-0.4, -0.2) is 27.4 Å². The number of hydrogen-bond donors (Lipinski definition) is 1. The molecule has 2 heterocycles. The maximum atomic E-state index is 13.8. The van der Waals surface area contributed by atoms with E-state index in [0.29, 0.717) is 21.7 Å².